The lowest BCUT2D eigenvalue weighted by atomic mass is 10.1. The van der Waals surface area contributed by atoms with E-state index in [1.165, 1.54) is 0 Å². The molecule has 0 amide bonds. The largest absolute Gasteiger partial charge is 0.383 e. The Morgan fingerprint density at radius 1 is 1.46 bits per heavy atom. The molecule has 0 atom stereocenters. The van der Waals surface area contributed by atoms with Crippen LogP contribution in [0.4, 0.5) is 0 Å². The Morgan fingerprint density at radius 3 is 2.62 bits per heavy atom. The summed E-state index contributed by atoms with van der Waals surface area (Å²) in [7, 11) is 1.17. The number of halogens is 1. The zero-order valence-electron chi connectivity index (χ0n) is 7.95. The number of hydrogen-bond acceptors (Lipinski definition) is 3. The molecule has 1 N–H and O–H groups in total. The van der Waals surface area contributed by atoms with Crippen LogP contribution in [-0.4, -0.2) is 42.0 Å². The maximum Gasteiger partial charge on any atom is 0.0587 e. The van der Waals surface area contributed by atoms with Crippen LogP contribution >= 0.6 is 12.4 Å². The molecule has 0 radical (unpaired) electrons. The smallest absolute Gasteiger partial charge is 0.0587 e. The van der Waals surface area contributed by atoms with Gasteiger partial charge in [-0.3, -0.25) is 4.21 Å². The van der Waals surface area contributed by atoms with Gasteiger partial charge in [0.2, 0.25) is 0 Å². The number of nitrogens with one attached hydrogen (secondary N) is 1. The van der Waals surface area contributed by atoms with E-state index in [1.54, 1.807) is 7.11 Å². The second kappa shape index (κ2) is 7.74. The van der Waals surface area contributed by atoms with E-state index in [0.717, 1.165) is 37.5 Å². The molecule has 1 fully saturated rings. The van der Waals surface area contributed by atoms with Crippen LogP contribution in [0, 0.1) is 0 Å². The van der Waals surface area contributed by atoms with Gasteiger partial charge in [-0.2, -0.15) is 0 Å². The summed E-state index contributed by atoms with van der Waals surface area (Å²) in [6.07, 6.45) is 2.10. The summed E-state index contributed by atoms with van der Waals surface area (Å²) in [5.41, 5.74) is 0. The van der Waals surface area contributed by atoms with Gasteiger partial charge in [-0.1, -0.05) is 0 Å². The van der Waals surface area contributed by atoms with Crippen LogP contribution in [-0.2, 0) is 15.5 Å². The van der Waals surface area contributed by atoms with Crippen molar-refractivity contribution in [3.8, 4) is 0 Å². The van der Waals surface area contributed by atoms with Gasteiger partial charge < -0.3 is 10.1 Å². The Labute approximate surface area is 88.5 Å². The van der Waals surface area contributed by atoms with Crippen molar-refractivity contribution < 1.29 is 8.95 Å². The van der Waals surface area contributed by atoms with E-state index in [1.807, 2.05) is 0 Å². The van der Waals surface area contributed by atoms with Crippen molar-refractivity contribution in [2.75, 3.05) is 31.8 Å². The van der Waals surface area contributed by atoms with Crippen LogP contribution in [0.5, 0.6) is 0 Å². The average Bonchev–Trinajstić information content (AvgIpc) is 2.09. The molecule has 3 nitrogen and oxygen atoms in total. The fraction of sp³-hybridized carbons (Fsp3) is 1.00. The first kappa shape index (κ1) is 13.4. The summed E-state index contributed by atoms with van der Waals surface area (Å²) < 4.78 is 15.9. The number of rotatable bonds is 4. The number of hydrogen-bond donors (Lipinski definition) is 1. The van der Waals surface area contributed by atoms with E-state index in [4.69, 9.17) is 4.74 Å². The summed E-state index contributed by atoms with van der Waals surface area (Å²) in [5, 5.41) is 3.38. The molecule has 0 spiro atoms. The highest BCUT2D eigenvalue weighted by atomic mass is 35.5. The maximum absolute atomic E-state index is 11.0. The van der Waals surface area contributed by atoms with Crippen molar-refractivity contribution >= 4 is 23.2 Å². The summed E-state index contributed by atoms with van der Waals surface area (Å²) in [6.45, 7) is 1.67. The molecule has 5 heteroatoms. The zero-order chi connectivity index (χ0) is 8.81. The van der Waals surface area contributed by atoms with E-state index in [9.17, 15) is 4.21 Å². The molecule has 0 bridgehead atoms. The van der Waals surface area contributed by atoms with Crippen molar-refractivity contribution in [1.82, 2.24) is 5.32 Å². The highest BCUT2D eigenvalue weighted by molar-refractivity contribution is 7.85. The minimum Gasteiger partial charge on any atom is -0.383 e. The number of ether oxygens (including phenoxy) is 1. The maximum atomic E-state index is 11.0. The summed E-state index contributed by atoms with van der Waals surface area (Å²) in [5.74, 6) is 1.73. The van der Waals surface area contributed by atoms with Gasteiger partial charge in [0.05, 0.1) is 6.61 Å². The topological polar surface area (TPSA) is 38.3 Å². The normalized spacial score (nSPS) is 28.1. The van der Waals surface area contributed by atoms with Gasteiger partial charge >= 0.3 is 0 Å². The summed E-state index contributed by atoms with van der Waals surface area (Å²) in [4.78, 5) is 0. The molecule has 80 valence electrons. The molecule has 1 rings (SSSR count). The molecule has 13 heavy (non-hydrogen) atoms. The second-order valence-corrected chi connectivity index (χ2v) is 4.77. The predicted octanol–water partition coefficient (Wildman–Crippen LogP) is 0.555. The molecule has 0 saturated carbocycles. The lowest BCUT2D eigenvalue weighted by molar-refractivity contribution is 0.195. The van der Waals surface area contributed by atoms with Gasteiger partial charge in [0, 0.05) is 42.0 Å². The SMILES string of the molecule is COCCNC1CCS(=O)CC1.Cl. The Bertz CT molecular complexity index is 147. The van der Waals surface area contributed by atoms with Gasteiger partial charge in [0.15, 0.2) is 0 Å². The molecule has 0 aliphatic carbocycles. The minimum atomic E-state index is -0.539. The minimum absolute atomic E-state index is 0. The Kier molecular flexibility index (Phi) is 7.95. The van der Waals surface area contributed by atoms with E-state index in [2.05, 4.69) is 5.32 Å². The molecule has 1 heterocycles. The Hall–Kier alpha value is 0.360. The quantitative estimate of drug-likeness (QED) is 0.714. The van der Waals surface area contributed by atoms with Crippen LogP contribution < -0.4 is 5.32 Å². The molecule has 0 aromatic carbocycles. The molecular weight excluding hydrogens is 210 g/mol. The van der Waals surface area contributed by atoms with Gasteiger partial charge in [-0.05, 0) is 12.8 Å². The van der Waals surface area contributed by atoms with Crippen LogP contribution in [0.2, 0.25) is 0 Å². The third-order valence-electron chi connectivity index (χ3n) is 2.13. The Balaban J connectivity index is 0.00000144. The first-order valence-electron chi connectivity index (χ1n) is 4.40. The van der Waals surface area contributed by atoms with E-state index < -0.39 is 10.8 Å². The highest BCUT2D eigenvalue weighted by Crippen LogP contribution is 2.08. The van der Waals surface area contributed by atoms with Gasteiger partial charge in [0.25, 0.3) is 0 Å². The third-order valence-corrected chi connectivity index (χ3v) is 3.51. The van der Waals surface area contributed by atoms with Crippen molar-refractivity contribution in [1.29, 1.82) is 0 Å². The van der Waals surface area contributed by atoms with Crippen LogP contribution in [0.15, 0.2) is 0 Å². The van der Waals surface area contributed by atoms with Crippen molar-refractivity contribution in [3.05, 3.63) is 0 Å². The van der Waals surface area contributed by atoms with Crippen molar-refractivity contribution in [3.63, 3.8) is 0 Å². The van der Waals surface area contributed by atoms with Gasteiger partial charge in [-0.15, -0.1) is 12.4 Å². The predicted molar refractivity (Wildman–Crippen MR) is 58.0 cm³/mol. The molecule has 1 saturated heterocycles. The fourth-order valence-corrected chi connectivity index (χ4v) is 2.66. The van der Waals surface area contributed by atoms with Crippen LogP contribution in [0.1, 0.15) is 12.8 Å². The lowest BCUT2D eigenvalue weighted by Gasteiger charge is -2.22. The second-order valence-electron chi connectivity index (χ2n) is 3.07. The Morgan fingerprint density at radius 2 is 2.08 bits per heavy atom. The first-order valence-corrected chi connectivity index (χ1v) is 5.89. The highest BCUT2D eigenvalue weighted by Gasteiger charge is 2.16. The van der Waals surface area contributed by atoms with E-state index >= 15 is 0 Å². The van der Waals surface area contributed by atoms with Crippen molar-refractivity contribution in [2.45, 2.75) is 18.9 Å². The molecule has 0 aromatic rings. The summed E-state index contributed by atoms with van der Waals surface area (Å²) >= 11 is 0. The van der Waals surface area contributed by atoms with E-state index in [0.29, 0.717) is 6.04 Å². The fourth-order valence-electron chi connectivity index (χ4n) is 1.36. The zero-order valence-corrected chi connectivity index (χ0v) is 9.59. The molecule has 1 aliphatic rings. The van der Waals surface area contributed by atoms with Crippen LogP contribution in [0.25, 0.3) is 0 Å². The van der Waals surface area contributed by atoms with Crippen molar-refractivity contribution in [2.24, 2.45) is 0 Å². The monoisotopic (exact) mass is 227 g/mol. The van der Waals surface area contributed by atoms with Gasteiger partial charge in [-0.25, -0.2) is 0 Å². The average molecular weight is 228 g/mol. The number of methoxy groups -OCH3 is 1. The lowest BCUT2D eigenvalue weighted by Crippen LogP contribution is -2.37. The van der Waals surface area contributed by atoms with Crippen LogP contribution in [0.3, 0.4) is 0 Å². The van der Waals surface area contributed by atoms with E-state index in [-0.39, 0.29) is 12.4 Å². The molecule has 0 unspecified atom stereocenters. The molecule has 1 aliphatic heterocycles. The standard InChI is InChI=1S/C8H17NO2S.ClH/c1-11-5-4-9-8-2-6-12(10)7-3-8;/h8-9H,2-7H2,1H3;1H. The molecular formula is C8H18ClNO2S. The first-order chi connectivity index (χ1) is 5.83. The third kappa shape index (κ3) is 5.62. The van der Waals surface area contributed by atoms with Gasteiger partial charge in [0.1, 0.15) is 0 Å². The summed E-state index contributed by atoms with van der Waals surface area (Å²) in [6, 6.07) is 0.567. The molecule has 0 aromatic heterocycles.